The van der Waals surface area contributed by atoms with Crippen molar-refractivity contribution in [1.82, 2.24) is 9.80 Å². The zero-order valence-corrected chi connectivity index (χ0v) is 27.9. The second-order valence-corrected chi connectivity index (χ2v) is 13.4. The number of carbonyl (C=O) groups excluding carboxylic acids is 4. The Morgan fingerprint density at radius 2 is 1.52 bits per heavy atom. The fourth-order valence-corrected chi connectivity index (χ4v) is 5.69. The minimum absolute atomic E-state index is 0.0187. The summed E-state index contributed by atoms with van der Waals surface area (Å²) >= 11 is 0. The molecule has 12 heteroatoms. The Bertz CT molecular complexity index is 1190. The minimum atomic E-state index is -0.909. The van der Waals surface area contributed by atoms with Gasteiger partial charge in [-0.05, 0) is 53.5 Å². The Morgan fingerprint density at radius 3 is 2.00 bits per heavy atom. The van der Waals surface area contributed by atoms with Crippen molar-refractivity contribution in [3.05, 3.63) is 37.0 Å². The molecule has 46 heavy (non-hydrogen) atoms. The van der Waals surface area contributed by atoms with Crippen molar-refractivity contribution in [1.29, 1.82) is 0 Å². The third-order valence-corrected chi connectivity index (χ3v) is 7.49. The van der Waals surface area contributed by atoms with Gasteiger partial charge in [0.15, 0.2) is 11.6 Å². The van der Waals surface area contributed by atoms with E-state index in [9.17, 15) is 29.4 Å². The molecule has 12 nitrogen and oxygen atoms in total. The van der Waals surface area contributed by atoms with E-state index in [-0.39, 0.29) is 25.0 Å². The summed E-state index contributed by atoms with van der Waals surface area (Å²) in [6, 6.07) is -1.72. The Morgan fingerprint density at radius 1 is 0.978 bits per heavy atom. The van der Waals surface area contributed by atoms with Gasteiger partial charge in [-0.2, -0.15) is 0 Å². The largest absolute Gasteiger partial charge is 0.444 e. The molecule has 2 amide bonds. The maximum absolute atomic E-state index is 12.5. The molecule has 3 rings (SSSR count). The van der Waals surface area contributed by atoms with E-state index in [1.54, 1.807) is 53.7 Å². The predicted octanol–water partition coefficient (Wildman–Crippen LogP) is 3.06. The maximum atomic E-state index is 12.5. The fraction of sp³-hybridized carbons (Fsp3) is 0.647. The van der Waals surface area contributed by atoms with Crippen molar-refractivity contribution in [2.45, 2.75) is 89.9 Å². The number of fused-ring (bicyclic) bond motifs is 1. The number of amides is 2. The van der Waals surface area contributed by atoms with Crippen molar-refractivity contribution in [3.8, 4) is 12.3 Å². The summed E-state index contributed by atoms with van der Waals surface area (Å²) in [6.45, 7) is 17.8. The van der Waals surface area contributed by atoms with Gasteiger partial charge in [0.25, 0.3) is 0 Å². The summed E-state index contributed by atoms with van der Waals surface area (Å²) in [6.07, 6.45) is 9.50. The Labute approximate surface area is 272 Å². The van der Waals surface area contributed by atoms with Crippen molar-refractivity contribution in [3.63, 3.8) is 0 Å². The van der Waals surface area contributed by atoms with E-state index >= 15 is 0 Å². The summed E-state index contributed by atoms with van der Waals surface area (Å²) in [5.74, 6) is 1.40. The van der Waals surface area contributed by atoms with Gasteiger partial charge in [0.2, 0.25) is 0 Å². The average Bonchev–Trinajstić information content (AvgIpc) is 3.44. The number of hydrogen-bond donors (Lipinski definition) is 2. The number of hydrogen-bond acceptors (Lipinski definition) is 10. The minimum Gasteiger partial charge on any atom is -0.444 e. The molecule has 2 fully saturated rings. The van der Waals surface area contributed by atoms with E-state index < -0.39 is 72.5 Å². The summed E-state index contributed by atoms with van der Waals surface area (Å²) in [5.41, 5.74) is -0.300. The molecular weight excluding hydrogens is 596 g/mol. The van der Waals surface area contributed by atoms with Crippen LogP contribution in [0.4, 0.5) is 9.59 Å². The summed E-state index contributed by atoms with van der Waals surface area (Å²) in [7, 11) is 0. The van der Waals surface area contributed by atoms with Crippen LogP contribution in [0.3, 0.4) is 0 Å². The molecule has 0 saturated carbocycles. The highest BCUT2D eigenvalue weighted by Crippen LogP contribution is 2.35. The monoisotopic (exact) mass is 646 g/mol. The highest BCUT2D eigenvalue weighted by molar-refractivity contribution is 5.90. The van der Waals surface area contributed by atoms with Gasteiger partial charge < -0.3 is 29.2 Å². The molecule has 0 unspecified atom stereocenters. The maximum Gasteiger partial charge on any atom is 0.411 e. The van der Waals surface area contributed by atoms with E-state index in [4.69, 9.17) is 25.4 Å². The van der Waals surface area contributed by atoms with Gasteiger partial charge in [0, 0.05) is 31.3 Å². The standard InChI is InChI=1S/2C17H25NO5/c1-5-11-6-7-22-15-12(8-11)9-18(14(15)13(20)10-19)16(21)23-17(2,3)4;1-6-8-12-10-18(16(21)23-17(3,4)5)14(13(20)11-19)15(12)22-9-7-2/h5-6,12,14-15,19H,1,7-10H2,2-4H3;1,7,12,14-15,19H,2,8-11H2,3-5H3/t2*12-,14+,15+/m00/s1. The first-order chi connectivity index (χ1) is 21.5. The number of terminal acetylenes is 1. The fourth-order valence-electron chi connectivity index (χ4n) is 5.69. The molecular formula is C34H50N2O10. The van der Waals surface area contributed by atoms with Gasteiger partial charge in [-0.25, -0.2) is 9.59 Å². The molecule has 3 aliphatic rings. The van der Waals surface area contributed by atoms with Gasteiger partial charge in [-0.3, -0.25) is 19.4 Å². The van der Waals surface area contributed by atoms with Crippen LogP contribution in [0.5, 0.6) is 0 Å². The molecule has 2 N–H and O–H groups in total. The van der Waals surface area contributed by atoms with Crippen LogP contribution < -0.4 is 0 Å². The van der Waals surface area contributed by atoms with Gasteiger partial charge in [-0.1, -0.05) is 24.8 Å². The molecule has 0 aliphatic carbocycles. The van der Waals surface area contributed by atoms with Crippen LogP contribution in [0, 0.1) is 24.2 Å². The predicted molar refractivity (Wildman–Crippen MR) is 171 cm³/mol. The van der Waals surface area contributed by atoms with Gasteiger partial charge >= 0.3 is 12.2 Å². The number of ether oxygens (including phenoxy) is 4. The van der Waals surface area contributed by atoms with E-state index in [0.717, 1.165) is 5.57 Å². The molecule has 0 aromatic heterocycles. The van der Waals surface area contributed by atoms with Crippen molar-refractivity contribution in [2.24, 2.45) is 11.8 Å². The van der Waals surface area contributed by atoms with Gasteiger partial charge in [0.05, 0.1) is 25.4 Å². The number of allylic oxidation sites excluding steroid dienone is 2. The van der Waals surface area contributed by atoms with Gasteiger partial charge in [-0.15, -0.1) is 18.9 Å². The smallest absolute Gasteiger partial charge is 0.411 e. The molecule has 6 atom stereocenters. The van der Waals surface area contributed by atoms with Crippen LogP contribution >= 0.6 is 0 Å². The number of Topliss-reactive ketones (excluding diaryl/α,β-unsaturated/α-hetero) is 2. The Kier molecular flexibility index (Phi) is 14.2. The summed E-state index contributed by atoms with van der Waals surface area (Å²) in [5, 5.41) is 18.5. The number of carbonyl (C=O) groups is 4. The Balaban J connectivity index is 0.000000320. The highest BCUT2D eigenvalue weighted by Gasteiger charge is 2.50. The van der Waals surface area contributed by atoms with E-state index in [2.05, 4.69) is 19.1 Å². The van der Waals surface area contributed by atoms with E-state index in [1.165, 1.54) is 9.80 Å². The second kappa shape index (κ2) is 16.9. The highest BCUT2D eigenvalue weighted by atomic mass is 16.6. The van der Waals surface area contributed by atoms with Crippen molar-refractivity contribution >= 4 is 23.8 Å². The van der Waals surface area contributed by atoms with Crippen LogP contribution in [0.15, 0.2) is 37.0 Å². The van der Waals surface area contributed by atoms with Crippen LogP contribution in [-0.2, 0) is 28.5 Å². The zero-order valence-electron chi connectivity index (χ0n) is 27.9. The van der Waals surface area contributed by atoms with E-state index in [1.807, 2.05) is 6.08 Å². The van der Waals surface area contributed by atoms with Crippen LogP contribution in [0.1, 0.15) is 54.4 Å². The lowest BCUT2D eigenvalue weighted by Crippen LogP contribution is -2.48. The SMILES string of the molecule is C#CC[C@H]1CN(C(=O)OC(C)(C)C)[C@H](C(=O)CO)[C@@H]1OCC=C.C=CC1=CCO[C@@H]2[C@@H](C1)CN(C(=O)OC(C)(C)C)[C@@H]2C(=O)CO. The number of rotatable bonds is 9. The molecule has 0 aromatic carbocycles. The molecule has 0 aromatic rings. The number of aliphatic hydroxyl groups is 2. The lowest BCUT2D eigenvalue weighted by Gasteiger charge is -2.29. The molecule has 3 aliphatic heterocycles. The Hall–Kier alpha value is -3.50. The summed E-state index contributed by atoms with van der Waals surface area (Å²) < 4.78 is 22.2. The average molecular weight is 647 g/mol. The number of ketones is 2. The lowest BCUT2D eigenvalue weighted by atomic mass is 9.93. The first-order valence-electron chi connectivity index (χ1n) is 15.4. The first-order valence-corrected chi connectivity index (χ1v) is 15.4. The molecule has 0 bridgehead atoms. The van der Waals surface area contributed by atoms with Crippen LogP contribution in [0.25, 0.3) is 0 Å². The second-order valence-electron chi connectivity index (χ2n) is 13.4. The first kappa shape index (κ1) is 38.7. The summed E-state index contributed by atoms with van der Waals surface area (Å²) in [4.78, 5) is 51.9. The number of nitrogens with zero attached hydrogens (tertiary/aromatic N) is 2. The number of likely N-dealkylation sites (tertiary alicyclic amines) is 2. The zero-order chi connectivity index (χ0) is 34.8. The van der Waals surface area contributed by atoms with Crippen molar-refractivity contribution in [2.75, 3.05) is 39.5 Å². The lowest BCUT2D eigenvalue weighted by molar-refractivity contribution is -0.130. The molecule has 256 valence electrons. The molecule has 0 spiro atoms. The van der Waals surface area contributed by atoms with Crippen LogP contribution in [0.2, 0.25) is 0 Å². The third kappa shape index (κ3) is 10.5. The topological polar surface area (TPSA) is 152 Å². The van der Waals surface area contributed by atoms with Crippen molar-refractivity contribution < 1.29 is 48.3 Å². The van der Waals surface area contributed by atoms with E-state index in [0.29, 0.717) is 26.0 Å². The number of aliphatic hydroxyl groups excluding tert-OH is 2. The molecule has 0 radical (unpaired) electrons. The van der Waals surface area contributed by atoms with Gasteiger partial charge in [0.1, 0.15) is 36.5 Å². The third-order valence-electron chi connectivity index (χ3n) is 7.49. The molecule has 2 saturated heterocycles. The van der Waals surface area contributed by atoms with Crippen LogP contribution in [-0.4, -0.2) is 119 Å². The normalized spacial score (nSPS) is 25.9. The quantitative estimate of drug-likeness (QED) is 0.282. The molecule has 3 heterocycles.